The molecule has 1 saturated heterocycles. The van der Waals surface area contributed by atoms with Crippen LogP contribution in [0.4, 0.5) is 4.79 Å². The van der Waals surface area contributed by atoms with E-state index < -0.39 is 0 Å². The number of benzene rings is 3. The number of carbonyl (C=O) groups excluding carboxylic acids is 1. The van der Waals surface area contributed by atoms with Gasteiger partial charge in [-0.2, -0.15) is 0 Å². The topological polar surface area (TPSA) is 58.8 Å². The predicted molar refractivity (Wildman–Crippen MR) is 150 cm³/mol. The number of rotatable bonds is 6. The fourth-order valence-electron chi connectivity index (χ4n) is 4.76. The Labute approximate surface area is 236 Å². The van der Waals surface area contributed by atoms with Crippen molar-refractivity contribution in [3.05, 3.63) is 110 Å². The highest BCUT2D eigenvalue weighted by Crippen LogP contribution is 2.37. The Morgan fingerprint density at radius 2 is 1.53 bits per heavy atom. The summed E-state index contributed by atoms with van der Waals surface area (Å²) in [5.74, 6) is 0.544. The first-order valence-corrected chi connectivity index (χ1v) is 13.4. The van der Waals surface area contributed by atoms with Gasteiger partial charge in [0.1, 0.15) is 18.1 Å². The maximum absolute atomic E-state index is 13.0. The fourth-order valence-corrected chi connectivity index (χ4v) is 5.47. The minimum atomic E-state index is -0.385. The summed E-state index contributed by atoms with van der Waals surface area (Å²) in [4.78, 5) is 17.1. The van der Waals surface area contributed by atoms with Crippen LogP contribution in [0, 0.1) is 6.92 Å². The molecule has 1 unspecified atom stereocenters. The summed E-state index contributed by atoms with van der Waals surface area (Å²) in [6.07, 6.45) is -0.385. The molecular weight excluding hydrogens is 545 g/mol. The van der Waals surface area contributed by atoms with Crippen LogP contribution in [-0.4, -0.2) is 47.2 Å². The summed E-state index contributed by atoms with van der Waals surface area (Å²) in [5, 5.41) is 5.73. The average molecular weight is 571 g/mol. The van der Waals surface area contributed by atoms with Crippen molar-refractivity contribution in [3.63, 3.8) is 0 Å². The number of hydrogen-bond donors (Lipinski definition) is 0. The van der Waals surface area contributed by atoms with Gasteiger partial charge in [-0.05, 0) is 42.3 Å². The van der Waals surface area contributed by atoms with Gasteiger partial charge >= 0.3 is 6.09 Å². The summed E-state index contributed by atoms with van der Waals surface area (Å²) in [5.41, 5.74) is 4.02. The van der Waals surface area contributed by atoms with Crippen LogP contribution in [0.15, 0.2) is 77.3 Å². The van der Waals surface area contributed by atoms with E-state index in [-0.39, 0.29) is 18.7 Å². The second kappa shape index (κ2) is 11.8. The molecule has 1 amide bonds. The lowest BCUT2D eigenvalue weighted by Gasteiger charge is -2.39. The molecule has 0 radical (unpaired) electrons. The Balaban J connectivity index is 1.26. The van der Waals surface area contributed by atoms with Gasteiger partial charge in [0.25, 0.3) is 0 Å². The molecule has 0 bridgehead atoms. The zero-order valence-electron chi connectivity index (χ0n) is 20.7. The molecule has 9 heteroatoms. The number of aromatic nitrogens is 1. The zero-order valence-corrected chi connectivity index (χ0v) is 23.0. The second-order valence-corrected chi connectivity index (χ2v) is 10.4. The van der Waals surface area contributed by atoms with E-state index in [1.807, 2.05) is 30.3 Å². The van der Waals surface area contributed by atoms with Gasteiger partial charge in [0.2, 0.25) is 0 Å². The van der Waals surface area contributed by atoms with E-state index in [4.69, 9.17) is 44.1 Å². The van der Waals surface area contributed by atoms with Crippen molar-refractivity contribution >= 4 is 40.9 Å². The van der Waals surface area contributed by atoms with Gasteiger partial charge in [-0.3, -0.25) is 4.90 Å². The van der Waals surface area contributed by atoms with Crippen molar-refractivity contribution < 1.29 is 14.1 Å². The number of hydrogen-bond acceptors (Lipinski definition) is 5. The molecule has 6 nitrogen and oxygen atoms in total. The Hall–Kier alpha value is -3.03. The molecule has 1 aliphatic heterocycles. The van der Waals surface area contributed by atoms with Crippen LogP contribution in [0.1, 0.15) is 28.5 Å². The highest BCUT2D eigenvalue weighted by molar-refractivity contribution is 6.39. The smallest absolute Gasteiger partial charge is 0.410 e. The normalized spacial score (nSPS) is 14.9. The van der Waals surface area contributed by atoms with E-state index in [9.17, 15) is 4.79 Å². The molecule has 38 heavy (non-hydrogen) atoms. The molecular formula is C29H26Cl3N3O3. The molecule has 0 aliphatic carbocycles. The van der Waals surface area contributed by atoms with Gasteiger partial charge in [0, 0.05) is 36.8 Å². The van der Waals surface area contributed by atoms with Crippen LogP contribution in [0.5, 0.6) is 0 Å². The number of carbonyl (C=O) groups is 1. The van der Waals surface area contributed by atoms with Gasteiger partial charge in [-0.1, -0.05) is 88.5 Å². The van der Waals surface area contributed by atoms with Gasteiger partial charge in [0.15, 0.2) is 0 Å². The fraction of sp³-hybridized carbons (Fsp3) is 0.241. The van der Waals surface area contributed by atoms with Crippen LogP contribution in [-0.2, 0) is 11.3 Å². The number of aryl methyl sites for hydroxylation is 1. The first kappa shape index (κ1) is 26.6. The second-order valence-electron chi connectivity index (χ2n) is 9.10. The minimum absolute atomic E-state index is 0.00266. The highest BCUT2D eigenvalue weighted by atomic mass is 35.5. The Kier molecular flexibility index (Phi) is 8.24. The third-order valence-electron chi connectivity index (χ3n) is 6.76. The Morgan fingerprint density at radius 3 is 2.18 bits per heavy atom. The van der Waals surface area contributed by atoms with Crippen LogP contribution in [0.3, 0.4) is 0 Å². The zero-order chi connectivity index (χ0) is 26.6. The monoisotopic (exact) mass is 569 g/mol. The Bertz CT molecular complexity index is 1380. The molecule has 1 atom stereocenters. The third kappa shape index (κ3) is 5.69. The lowest BCUT2D eigenvalue weighted by atomic mass is 9.96. The van der Waals surface area contributed by atoms with Crippen LogP contribution in [0.2, 0.25) is 15.1 Å². The van der Waals surface area contributed by atoms with E-state index in [1.165, 1.54) is 5.56 Å². The summed E-state index contributed by atoms with van der Waals surface area (Å²) in [7, 11) is 0. The molecule has 3 aromatic carbocycles. The van der Waals surface area contributed by atoms with Gasteiger partial charge in [-0.25, -0.2) is 4.79 Å². The summed E-state index contributed by atoms with van der Waals surface area (Å²) < 4.78 is 11.1. The van der Waals surface area contributed by atoms with Crippen molar-refractivity contribution in [2.75, 3.05) is 26.2 Å². The number of piperazine rings is 1. The van der Waals surface area contributed by atoms with Gasteiger partial charge in [-0.15, -0.1) is 0 Å². The maximum atomic E-state index is 13.0. The maximum Gasteiger partial charge on any atom is 0.410 e. The number of halogens is 3. The number of nitrogens with zero attached hydrogens (tertiary/aromatic N) is 3. The summed E-state index contributed by atoms with van der Waals surface area (Å²) >= 11 is 18.9. The van der Waals surface area contributed by atoms with E-state index in [0.29, 0.717) is 63.8 Å². The average Bonchev–Trinajstić information content (AvgIpc) is 3.29. The van der Waals surface area contributed by atoms with Crippen LogP contribution in [0.25, 0.3) is 11.3 Å². The summed E-state index contributed by atoms with van der Waals surface area (Å²) in [6.45, 7) is 4.25. The predicted octanol–water partition coefficient (Wildman–Crippen LogP) is 7.65. The van der Waals surface area contributed by atoms with E-state index in [0.717, 1.165) is 5.56 Å². The van der Waals surface area contributed by atoms with E-state index >= 15 is 0 Å². The first-order valence-electron chi connectivity index (χ1n) is 12.3. The third-order valence-corrected chi connectivity index (χ3v) is 7.64. The van der Waals surface area contributed by atoms with Crippen LogP contribution >= 0.6 is 34.8 Å². The van der Waals surface area contributed by atoms with Gasteiger partial charge < -0.3 is 14.2 Å². The number of ether oxygens (including phenoxy) is 1. The molecule has 196 valence electrons. The number of amides is 1. The quantitative estimate of drug-likeness (QED) is 0.238. The molecule has 1 aliphatic rings. The lowest BCUT2D eigenvalue weighted by molar-refractivity contribution is 0.0644. The Morgan fingerprint density at radius 1 is 0.895 bits per heavy atom. The van der Waals surface area contributed by atoms with Crippen molar-refractivity contribution in [1.29, 1.82) is 0 Å². The van der Waals surface area contributed by atoms with Gasteiger partial charge in [0.05, 0.1) is 21.7 Å². The first-order chi connectivity index (χ1) is 18.4. The lowest BCUT2D eigenvalue weighted by Crippen LogP contribution is -2.50. The highest BCUT2D eigenvalue weighted by Gasteiger charge is 2.29. The summed E-state index contributed by atoms with van der Waals surface area (Å²) in [6, 6.07) is 23.6. The largest absolute Gasteiger partial charge is 0.444 e. The molecule has 1 aromatic heterocycles. The van der Waals surface area contributed by atoms with Crippen molar-refractivity contribution in [1.82, 2.24) is 15.0 Å². The molecule has 4 aromatic rings. The van der Waals surface area contributed by atoms with E-state index in [2.05, 4.69) is 34.3 Å². The molecule has 0 saturated carbocycles. The van der Waals surface area contributed by atoms with Crippen molar-refractivity contribution in [3.8, 4) is 11.3 Å². The minimum Gasteiger partial charge on any atom is -0.444 e. The molecule has 0 N–H and O–H groups in total. The SMILES string of the molecule is Cc1onc(-c2c(Cl)cccc2Cl)c1COC(=O)N1CCN(C(c2ccccc2)c2ccc(Cl)cc2)CC1. The van der Waals surface area contributed by atoms with Crippen LogP contribution < -0.4 is 0 Å². The molecule has 0 spiro atoms. The van der Waals surface area contributed by atoms with Crippen molar-refractivity contribution in [2.24, 2.45) is 0 Å². The van der Waals surface area contributed by atoms with Crippen molar-refractivity contribution in [2.45, 2.75) is 19.6 Å². The van der Waals surface area contributed by atoms with E-state index in [1.54, 1.807) is 30.0 Å². The standard InChI is InChI=1S/C29H26Cl3N3O3/c1-19-23(27(33-38-19)26-24(31)8-5-9-25(26)32)18-37-29(36)35-16-14-34(15-17-35)28(20-6-3-2-4-7-20)21-10-12-22(30)13-11-21/h2-13,28H,14-18H2,1H3. The molecule has 1 fully saturated rings. The molecule has 5 rings (SSSR count). The molecule has 2 heterocycles.